The minimum Gasteiger partial charge on any atom is -0.478 e. The molecule has 0 unspecified atom stereocenters. The fourth-order valence-corrected chi connectivity index (χ4v) is 3.93. The van der Waals surface area contributed by atoms with Gasteiger partial charge in [-0.15, -0.1) is 0 Å². The van der Waals surface area contributed by atoms with Crippen LogP contribution in [0.3, 0.4) is 0 Å². The van der Waals surface area contributed by atoms with Crippen molar-refractivity contribution in [1.82, 2.24) is 9.62 Å². The van der Waals surface area contributed by atoms with Crippen LogP contribution in [0.25, 0.3) is 0 Å². The molecule has 0 aromatic heterocycles. The Labute approximate surface area is 143 Å². The molecule has 2 N–H and O–H groups in total. The standard InChI is InChI=1S/C15H19F3N2O4S/c1-10-2-3-12(6-13(10)14(21)22)25(23,24)19-7-11-4-5-20(8-11)9-15(16,17)18/h2-3,6,11,19H,4-5,7-9H2,1H3,(H,21,22)/t11-/m1/s1. The van der Waals surface area contributed by atoms with Crippen LogP contribution in [-0.4, -0.2) is 56.7 Å². The summed E-state index contributed by atoms with van der Waals surface area (Å²) in [5, 5.41) is 9.07. The third-order valence-corrected chi connectivity index (χ3v) is 5.51. The van der Waals surface area contributed by atoms with Crippen molar-refractivity contribution in [3.8, 4) is 0 Å². The largest absolute Gasteiger partial charge is 0.478 e. The Morgan fingerprint density at radius 3 is 2.68 bits per heavy atom. The number of hydrogen-bond donors (Lipinski definition) is 2. The lowest BCUT2D eigenvalue weighted by atomic mass is 10.1. The summed E-state index contributed by atoms with van der Waals surface area (Å²) in [6, 6.07) is 3.78. The number of carboxylic acids is 1. The SMILES string of the molecule is Cc1ccc(S(=O)(=O)NC[C@H]2CCN(CC(F)(F)F)C2)cc1C(=O)O. The summed E-state index contributed by atoms with van der Waals surface area (Å²) in [5.41, 5.74) is 0.324. The summed E-state index contributed by atoms with van der Waals surface area (Å²) in [6.07, 6.45) is -3.81. The van der Waals surface area contributed by atoms with E-state index in [1.165, 1.54) is 17.0 Å². The molecule has 0 bridgehead atoms. The Bertz CT molecular complexity index is 750. The highest BCUT2D eigenvalue weighted by atomic mass is 32.2. The van der Waals surface area contributed by atoms with Crippen LogP contribution in [-0.2, 0) is 10.0 Å². The minimum absolute atomic E-state index is 0.00692. The van der Waals surface area contributed by atoms with E-state index < -0.39 is 28.7 Å². The lowest BCUT2D eigenvalue weighted by Gasteiger charge is -2.18. The highest BCUT2D eigenvalue weighted by molar-refractivity contribution is 7.89. The van der Waals surface area contributed by atoms with Crippen molar-refractivity contribution in [2.45, 2.75) is 24.4 Å². The predicted molar refractivity (Wildman–Crippen MR) is 83.9 cm³/mol. The number of carboxylic acid groups (broad SMARTS) is 1. The zero-order valence-corrected chi connectivity index (χ0v) is 14.3. The zero-order chi connectivity index (χ0) is 18.8. The number of carbonyl (C=O) groups is 1. The average Bonchev–Trinajstić information content (AvgIpc) is 2.90. The summed E-state index contributed by atoms with van der Waals surface area (Å²) in [4.78, 5) is 12.2. The predicted octanol–water partition coefficient (Wildman–Crippen LogP) is 1.86. The molecule has 25 heavy (non-hydrogen) atoms. The van der Waals surface area contributed by atoms with Crippen molar-refractivity contribution in [3.63, 3.8) is 0 Å². The first-order chi connectivity index (χ1) is 11.5. The number of rotatable bonds is 6. The Balaban J connectivity index is 1.99. The van der Waals surface area contributed by atoms with Gasteiger partial charge in [0, 0.05) is 13.1 Å². The highest BCUT2D eigenvalue weighted by Gasteiger charge is 2.34. The second-order valence-electron chi connectivity index (χ2n) is 6.14. The molecular weight excluding hydrogens is 361 g/mol. The Morgan fingerprint density at radius 2 is 2.08 bits per heavy atom. The quantitative estimate of drug-likeness (QED) is 0.787. The van der Waals surface area contributed by atoms with Gasteiger partial charge in [0.05, 0.1) is 17.0 Å². The summed E-state index contributed by atoms with van der Waals surface area (Å²) in [7, 11) is -3.93. The van der Waals surface area contributed by atoms with Crippen molar-refractivity contribution in [3.05, 3.63) is 29.3 Å². The normalized spacial score (nSPS) is 19.3. The molecule has 10 heteroatoms. The summed E-state index contributed by atoms with van der Waals surface area (Å²) < 4.78 is 64.0. The number of likely N-dealkylation sites (tertiary alicyclic amines) is 1. The van der Waals surface area contributed by atoms with Gasteiger partial charge < -0.3 is 5.11 Å². The number of benzene rings is 1. The maximum atomic E-state index is 12.4. The van der Waals surface area contributed by atoms with Crippen molar-refractivity contribution >= 4 is 16.0 Å². The molecule has 2 rings (SSSR count). The molecule has 1 aliphatic heterocycles. The van der Waals surface area contributed by atoms with Crippen molar-refractivity contribution < 1.29 is 31.5 Å². The molecule has 1 heterocycles. The van der Waals surface area contributed by atoms with Gasteiger partial charge in [-0.05, 0) is 43.5 Å². The second kappa shape index (κ2) is 7.30. The fourth-order valence-electron chi connectivity index (χ4n) is 2.79. The molecule has 1 fully saturated rings. The molecule has 1 aliphatic rings. The van der Waals surface area contributed by atoms with E-state index in [1.807, 2.05) is 0 Å². The Morgan fingerprint density at radius 1 is 1.40 bits per heavy atom. The highest BCUT2D eigenvalue weighted by Crippen LogP contribution is 2.23. The average molecular weight is 380 g/mol. The third-order valence-electron chi connectivity index (χ3n) is 4.08. The van der Waals surface area contributed by atoms with Gasteiger partial charge in [0.2, 0.25) is 10.0 Å². The smallest absolute Gasteiger partial charge is 0.401 e. The van der Waals surface area contributed by atoms with E-state index in [0.717, 1.165) is 6.07 Å². The van der Waals surface area contributed by atoms with Gasteiger partial charge >= 0.3 is 12.1 Å². The first-order valence-electron chi connectivity index (χ1n) is 7.60. The molecule has 1 atom stereocenters. The summed E-state index contributed by atoms with van der Waals surface area (Å²) in [6.45, 7) is 0.986. The second-order valence-corrected chi connectivity index (χ2v) is 7.91. The van der Waals surface area contributed by atoms with Crippen LogP contribution >= 0.6 is 0 Å². The van der Waals surface area contributed by atoms with Crippen LogP contribution in [0.5, 0.6) is 0 Å². The Hall–Kier alpha value is -1.65. The molecule has 0 amide bonds. The molecule has 1 aromatic carbocycles. The van der Waals surface area contributed by atoms with E-state index in [-0.39, 0.29) is 36.0 Å². The van der Waals surface area contributed by atoms with E-state index in [4.69, 9.17) is 5.11 Å². The summed E-state index contributed by atoms with van der Waals surface area (Å²) >= 11 is 0. The van der Waals surface area contributed by atoms with Crippen LogP contribution in [0.4, 0.5) is 13.2 Å². The third kappa shape index (κ3) is 5.41. The van der Waals surface area contributed by atoms with Crippen LogP contribution in [0.15, 0.2) is 23.1 Å². The van der Waals surface area contributed by atoms with E-state index in [1.54, 1.807) is 6.92 Å². The van der Waals surface area contributed by atoms with Gasteiger partial charge in [-0.3, -0.25) is 4.90 Å². The lowest BCUT2D eigenvalue weighted by Crippen LogP contribution is -2.34. The van der Waals surface area contributed by atoms with Crippen molar-refractivity contribution in [2.75, 3.05) is 26.2 Å². The molecule has 0 spiro atoms. The number of nitrogens with one attached hydrogen (secondary N) is 1. The first kappa shape index (κ1) is 19.7. The van der Waals surface area contributed by atoms with E-state index in [0.29, 0.717) is 12.0 Å². The van der Waals surface area contributed by atoms with E-state index in [9.17, 15) is 26.4 Å². The number of alkyl halides is 3. The molecule has 0 radical (unpaired) electrons. The maximum absolute atomic E-state index is 12.4. The topological polar surface area (TPSA) is 86.7 Å². The van der Waals surface area contributed by atoms with Gasteiger partial charge in [0.1, 0.15) is 0 Å². The van der Waals surface area contributed by atoms with Gasteiger partial charge in [-0.2, -0.15) is 13.2 Å². The number of hydrogen-bond acceptors (Lipinski definition) is 4. The van der Waals surface area contributed by atoms with Crippen molar-refractivity contribution in [1.29, 1.82) is 0 Å². The van der Waals surface area contributed by atoms with Gasteiger partial charge in [-0.1, -0.05) is 6.07 Å². The minimum atomic E-state index is -4.27. The number of sulfonamides is 1. The Kier molecular flexibility index (Phi) is 5.75. The zero-order valence-electron chi connectivity index (χ0n) is 13.5. The monoisotopic (exact) mass is 380 g/mol. The fraction of sp³-hybridized carbons (Fsp3) is 0.533. The number of aromatic carboxylic acids is 1. The number of halogens is 3. The van der Waals surface area contributed by atoms with Gasteiger partial charge in [0.15, 0.2) is 0 Å². The maximum Gasteiger partial charge on any atom is 0.401 e. The van der Waals surface area contributed by atoms with Crippen molar-refractivity contribution in [2.24, 2.45) is 5.92 Å². The van der Waals surface area contributed by atoms with Crippen LogP contribution in [0, 0.1) is 12.8 Å². The van der Waals surface area contributed by atoms with Gasteiger partial charge in [0.25, 0.3) is 0 Å². The molecule has 1 aromatic rings. The molecule has 0 saturated carbocycles. The molecular formula is C15H19F3N2O4S. The number of aryl methyl sites for hydroxylation is 1. The van der Waals surface area contributed by atoms with Gasteiger partial charge in [-0.25, -0.2) is 17.9 Å². The van der Waals surface area contributed by atoms with E-state index >= 15 is 0 Å². The number of nitrogens with zero attached hydrogens (tertiary/aromatic N) is 1. The summed E-state index contributed by atoms with van der Waals surface area (Å²) in [5.74, 6) is -1.45. The lowest BCUT2D eigenvalue weighted by molar-refractivity contribution is -0.143. The first-order valence-corrected chi connectivity index (χ1v) is 9.09. The molecule has 6 nitrogen and oxygen atoms in total. The van der Waals surface area contributed by atoms with Crippen LogP contribution in [0.2, 0.25) is 0 Å². The molecule has 1 saturated heterocycles. The molecule has 0 aliphatic carbocycles. The van der Waals surface area contributed by atoms with E-state index in [2.05, 4.69) is 4.72 Å². The van der Waals surface area contributed by atoms with Crippen LogP contribution in [0.1, 0.15) is 22.3 Å². The van der Waals surface area contributed by atoms with Crippen LogP contribution < -0.4 is 4.72 Å². The molecule has 140 valence electrons.